The number of allylic oxidation sites excluding steroid dienone is 4. The zero-order valence-electron chi connectivity index (χ0n) is 14.4. The van der Waals surface area contributed by atoms with Crippen LogP contribution < -0.4 is 0 Å². The highest BCUT2D eigenvalue weighted by molar-refractivity contribution is 5.32. The van der Waals surface area contributed by atoms with Gasteiger partial charge in [0.15, 0.2) is 0 Å². The van der Waals surface area contributed by atoms with E-state index in [-0.39, 0.29) is 0 Å². The maximum atomic E-state index is 2.43. The van der Waals surface area contributed by atoms with Crippen molar-refractivity contribution in [2.45, 2.75) is 74.7 Å². The maximum absolute atomic E-state index is 2.43. The van der Waals surface area contributed by atoms with E-state index in [4.69, 9.17) is 0 Å². The molecular weight excluding hydrogens is 228 g/mol. The van der Waals surface area contributed by atoms with Crippen molar-refractivity contribution >= 4 is 0 Å². The van der Waals surface area contributed by atoms with Gasteiger partial charge in [0, 0.05) is 0 Å². The molecule has 0 amide bonds. The zero-order valence-corrected chi connectivity index (χ0v) is 14.4. The van der Waals surface area contributed by atoms with Crippen molar-refractivity contribution in [3.05, 3.63) is 23.3 Å². The minimum atomic E-state index is 0.307. The van der Waals surface area contributed by atoms with Crippen molar-refractivity contribution in [1.29, 1.82) is 0 Å². The first kappa shape index (κ1) is 16.5. The van der Waals surface area contributed by atoms with Crippen LogP contribution >= 0.6 is 0 Å². The van der Waals surface area contributed by atoms with E-state index in [1.54, 1.807) is 11.1 Å². The second-order valence-corrected chi connectivity index (χ2v) is 8.69. The van der Waals surface area contributed by atoms with Gasteiger partial charge in [-0.3, -0.25) is 0 Å². The molecule has 0 heterocycles. The fraction of sp³-hybridized carbons (Fsp3) is 0.789. The number of rotatable bonds is 3. The molecule has 1 rings (SSSR count). The van der Waals surface area contributed by atoms with Crippen LogP contribution in [0.2, 0.25) is 0 Å². The summed E-state index contributed by atoms with van der Waals surface area (Å²) in [5.41, 5.74) is 3.90. The van der Waals surface area contributed by atoms with E-state index in [1.165, 1.54) is 19.3 Å². The molecule has 0 spiro atoms. The van der Waals surface area contributed by atoms with Gasteiger partial charge in [-0.25, -0.2) is 0 Å². The molecule has 0 aromatic rings. The summed E-state index contributed by atoms with van der Waals surface area (Å²) in [6.45, 7) is 18.8. The topological polar surface area (TPSA) is 0 Å². The van der Waals surface area contributed by atoms with Crippen LogP contribution in [0.25, 0.3) is 0 Å². The Morgan fingerprint density at radius 1 is 1.00 bits per heavy atom. The van der Waals surface area contributed by atoms with Gasteiger partial charge in [0.25, 0.3) is 0 Å². The number of hydrogen-bond acceptors (Lipinski definition) is 0. The van der Waals surface area contributed by atoms with Crippen LogP contribution in [0.3, 0.4) is 0 Å². The Morgan fingerprint density at radius 2 is 1.58 bits per heavy atom. The first-order valence-corrected chi connectivity index (χ1v) is 7.93. The van der Waals surface area contributed by atoms with Crippen LogP contribution in [0.15, 0.2) is 23.3 Å². The van der Waals surface area contributed by atoms with Crippen LogP contribution in [0.1, 0.15) is 74.7 Å². The lowest BCUT2D eigenvalue weighted by Crippen LogP contribution is -2.24. The Bertz CT molecular complexity index is 352. The molecule has 1 atom stereocenters. The van der Waals surface area contributed by atoms with Crippen LogP contribution in [-0.4, -0.2) is 0 Å². The smallest absolute Gasteiger partial charge is 0.0157 e. The predicted octanol–water partition coefficient (Wildman–Crippen LogP) is 6.39. The Kier molecular flexibility index (Phi) is 5.09. The lowest BCUT2D eigenvalue weighted by molar-refractivity contribution is 0.353. The molecule has 0 aromatic carbocycles. The van der Waals surface area contributed by atoms with E-state index in [9.17, 15) is 0 Å². The van der Waals surface area contributed by atoms with Crippen molar-refractivity contribution in [3.8, 4) is 0 Å². The molecule has 0 aliphatic heterocycles. The molecular formula is C19H34. The second-order valence-electron chi connectivity index (χ2n) is 8.69. The third kappa shape index (κ3) is 4.82. The third-order valence-electron chi connectivity index (χ3n) is 4.29. The fourth-order valence-corrected chi connectivity index (χ4v) is 2.98. The Hall–Kier alpha value is -0.520. The van der Waals surface area contributed by atoms with Gasteiger partial charge in [-0.2, -0.15) is 0 Å². The van der Waals surface area contributed by atoms with E-state index in [1.807, 2.05) is 0 Å². The molecule has 19 heavy (non-hydrogen) atoms. The molecule has 1 aliphatic carbocycles. The SMILES string of the molecule is CC(C)CCC1CC(C(C)(C)C)=CC=C1C(C)(C)C. The summed E-state index contributed by atoms with van der Waals surface area (Å²) in [7, 11) is 0. The average Bonchev–Trinajstić information content (AvgIpc) is 2.23. The van der Waals surface area contributed by atoms with Gasteiger partial charge in [0.2, 0.25) is 0 Å². The van der Waals surface area contributed by atoms with Crippen molar-refractivity contribution in [2.24, 2.45) is 22.7 Å². The van der Waals surface area contributed by atoms with Gasteiger partial charge >= 0.3 is 0 Å². The molecule has 1 unspecified atom stereocenters. The van der Waals surface area contributed by atoms with Crippen LogP contribution in [-0.2, 0) is 0 Å². The lowest BCUT2D eigenvalue weighted by Gasteiger charge is -2.37. The normalized spacial score (nSPS) is 21.4. The van der Waals surface area contributed by atoms with E-state index in [0.29, 0.717) is 10.8 Å². The summed E-state index contributed by atoms with van der Waals surface area (Å²) in [6.07, 6.45) is 8.77. The Labute approximate surface area is 121 Å². The summed E-state index contributed by atoms with van der Waals surface area (Å²) in [5.74, 6) is 1.56. The van der Waals surface area contributed by atoms with Crippen molar-refractivity contribution < 1.29 is 0 Å². The predicted molar refractivity (Wildman–Crippen MR) is 87.3 cm³/mol. The standard InChI is InChI=1S/C19H34/c1-14(2)9-10-15-13-16(18(3,4)5)11-12-17(15)19(6,7)8/h11-12,14-15H,9-10,13H2,1-8H3. The van der Waals surface area contributed by atoms with Gasteiger partial charge in [0.1, 0.15) is 0 Å². The fourth-order valence-electron chi connectivity index (χ4n) is 2.98. The summed E-state index contributed by atoms with van der Waals surface area (Å²) in [6, 6.07) is 0. The molecule has 0 saturated carbocycles. The van der Waals surface area contributed by atoms with E-state index in [2.05, 4.69) is 67.5 Å². The quantitative estimate of drug-likeness (QED) is 0.553. The highest BCUT2D eigenvalue weighted by Crippen LogP contribution is 2.44. The zero-order chi connectivity index (χ0) is 14.8. The highest BCUT2D eigenvalue weighted by Gasteiger charge is 2.30. The van der Waals surface area contributed by atoms with Crippen molar-refractivity contribution in [2.75, 3.05) is 0 Å². The Morgan fingerprint density at radius 3 is 2.00 bits per heavy atom. The first-order valence-electron chi connectivity index (χ1n) is 7.93. The molecule has 0 saturated heterocycles. The van der Waals surface area contributed by atoms with E-state index >= 15 is 0 Å². The van der Waals surface area contributed by atoms with Gasteiger partial charge in [-0.05, 0) is 35.5 Å². The Balaban J connectivity index is 2.95. The average molecular weight is 262 g/mol. The third-order valence-corrected chi connectivity index (χ3v) is 4.29. The first-order chi connectivity index (χ1) is 8.51. The largest absolute Gasteiger partial charge is 0.0642 e. The van der Waals surface area contributed by atoms with Gasteiger partial charge in [-0.15, -0.1) is 0 Å². The molecule has 0 nitrogen and oxygen atoms in total. The van der Waals surface area contributed by atoms with Gasteiger partial charge in [-0.1, -0.05) is 85.1 Å². The molecule has 0 radical (unpaired) electrons. The summed E-state index contributed by atoms with van der Waals surface area (Å²) < 4.78 is 0. The number of hydrogen-bond donors (Lipinski definition) is 0. The molecule has 0 fully saturated rings. The minimum absolute atomic E-state index is 0.307. The minimum Gasteiger partial charge on any atom is -0.0642 e. The van der Waals surface area contributed by atoms with Gasteiger partial charge < -0.3 is 0 Å². The molecule has 0 aromatic heterocycles. The molecule has 0 bridgehead atoms. The monoisotopic (exact) mass is 262 g/mol. The summed E-state index contributed by atoms with van der Waals surface area (Å²) in [5, 5.41) is 0. The molecule has 1 aliphatic rings. The highest BCUT2D eigenvalue weighted by atomic mass is 14.4. The van der Waals surface area contributed by atoms with E-state index in [0.717, 1.165) is 11.8 Å². The van der Waals surface area contributed by atoms with Crippen molar-refractivity contribution in [1.82, 2.24) is 0 Å². The van der Waals surface area contributed by atoms with Crippen LogP contribution in [0, 0.1) is 22.7 Å². The van der Waals surface area contributed by atoms with Gasteiger partial charge in [0.05, 0.1) is 0 Å². The molecule has 110 valence electrons. The lowest BCUT2D eigenvalue weighted by atomic mass is 9.68. The van der Waals surface area contributed by atoms with E-state index < -0.39 is 0 Å². The maximum Gasteiger partial charge on any atom is -0.0157 e. The van der Waals surface area contributed by atoms with Crippen LogP contribution in [0.4, 0.5) is 0 Å². The van der Waals surface area contributed by atoms with Crippen molar-refractivity contribution in [3.63, 3.8) is 0 Å². The van der Waals surface area contributed by atoms with Crippen LogP contribution in [0.5, 0.6) is 0 Å². The summed E-state index contributed by atoms with van der Waals surface area (Å²) >= 11 is 0. The molecule has 0 N–H and O–H groups in total. The second kappa shape index (κ2) is 5.85. The molecule has 0 heteroatoms. The summed E-state index contributed by atoms with van der Waals surface area (Å²) in [4.78, 5) is 0.